The summed E-state index contributed by atoms with van der Waals surface area (Å²) in [5.74, 6) is -1.17. The Bertz CT molecular complexity index is 1230. The minimum atomic E-state index is -5.37. The zero-order chi connectivity index (χ0) is 43.6. The fourth-order valence-corrected chi connectivity index (χ4v) is 7.41. The van der Waals surface area contributed by atoms with Gasteiger partial charge in [0.1, 0.15) is 43.2 Å². The molecule has 3 unspecified atom stereocenters. The number of rotatable bonds is 36. The molecule has 0 aromatic carbocycles. The maximum Gasteiger partial charge on any atom is 1.00 e. The first-order valence-corrected chi connectivity index (χ1v) is 23.9. The fraction of sp³-hybridized carbons (Fsp3) is 0.778. The monoisotopic (exact) mass is 881 g/mol. The smallest absolute Gasteiger partial charge is 0.756 e. The molecule has 0 amide bonds. The van der Waals surface area contributed by atoms with Crippen LogP contribution in [0.2, 0.25) is 0 Å². The Labute approximate surface area is 383 Å². The molecule has 0 aromatic heterocycles. The molecule has 15 heteroatoms. The van der Waals surface area contributed by atoms with Crippen LogP contribution in [0.1, 0.15) is 168 Å². The van der Waals surface area contributed by atoms with E-state index >= 15 is 0 Å². The third kappa shape index (κ3) is 30.0. The Kier molecular flexibility index (Phi) is 37.5. The number of hydrogen-bond donors (Lipinski definition) is 5. The molecule has 60 heavy (non-hydrogen) atoms. The quantitative estimate of drug-likeness (QED) is 0.0189. The van der Waals surface area contributed by atoms with Gasteiger partial charge in [-0.1, -0.05) is 127 Å². The Hall–Kier alpha value is -1.19. The van der Waals surface area contributed by atoms with Crippen LogP contribution in [0.3, 0.4) is 0 Å². The normalized spacial score (nSPS) is 22.4. The van der Waals surface area contributed by atoms with Crippen molar-refractivity contribution in [2.24, 2.45) is 0 Å². The number of carbonyl (C=O) groups excluding carboxylic acids is 2. The van der Waals surface area contributed by atoms with E-state index in [1.807, 2.05) is 0 Å². The number of phosphoric acid groups is 1. The molecular weight excluding hydrogens is 802 g/mol. The molecule has 0 spiro atoms. The van der Waals surface area contributed by atoms with E-state index in [0.717, 1.165) is 89.9 Å². The summed E-state index contributed by atoms with van der Waals surface area (Å²) in [5.41, 5.74) is 0. The maximum absolute atomic E-state index is 12.7. The zero-order valence-corrected chi connectivity index (χ0v) is 39.9. The SMILES string of the molecule is CCCCCC=CCC=CCCCCCCCC(=O)OC[C@@H](COP(=O)([O-])OC1[C@H](O)[C@H](O)C(O)[C@H](O)[C@H]1O)OC(=O)CCCCCCCC=CCC=CCCCCC.[Na+]. The molecule has 5 N–H and O–H groups in total. The molecular formula is C45H78NaO13P. The van der Waals surface area contributed by atoms with Crippen molar-refractivity contribution >= 4 is 19.8 Å². The summed E-state index contributed by atoms with van der Waals surface area (Å²) in [5, 5.41) is 50.0. The van der Waals surface area contributed by atoms with E-state index < -0.39 is 75.7 Å². The van der Waals surface area contributed by atoms with Crippen molar-refractivity contribution in [3.63, 3.8) is 0 Å². The molecule has 1 rings (SSSR count). The number of aliphatic hydroxyl groups is 5. The summed E-state index contributed by atoms with van der Waals surface area (Å²) in [4.78, 5) is 37.9. The van der Waals surface area contributed by atoms with E-state index in [9.17, 15) is 44.6 Å². The number of unbranched alkanes of at least 4 members (excludes halogenated alkanes) is 16. The molecule has 1 aliphatic carbocycles. The van der Waals surface area contributed by atoms with Crippen LogP contribution < -0.4 is 34.5 Å². The number of esters is 2. The van der Waals surface area contributed by atoms with Gasteiger partial charge in [-0.15, -0.1) is 0 Å². The molecule has 13 nitrogen and oxygen atoms in total. The van der Waals surface area contributed by atoms with Crippen molar-refractivity contribution in [2.75, 3.05) is 13.2 Å². The third-order valence-electron chi connectivity index (χ3n) is 10.1. The van der Waals surface area contributed by atoms with Crippen LogP contribution in [0, 0.1) is 0 Å². The molecule has 0 aromatic rings. The number of aliphatic hydroxyl groups excluding tert-OH is 5. The summed E-state index contributed by atoms with van der Waals surface area (Å²) in [6, 6.07) is 0. The Morgan fingerprint density at radius 3 is 1.38 bits per heavy atom. The molecule has 342 valence electrons. The van der Waals surface area contributed by atoms with Gasteiger partial charge >= 0.3 is 41.5 Å². The number of phosphoric ester groups is 1. The van der Waals surface area contributed by atoms with E-state index in [0.29, 0.717) is 12.8 Å². The minimum absolute atomic E-state index is 0. The number of hydrogen-bond acceptors (Lipinski definition) is 13. The molecule has 0 aliphatic heterocycles. The van der Waals surface area contributed by atoms with Crippen molar-refractivity contribution in [1.82, 2.24) is 0 Å². The second-order valence-corrected chi connectivity index (χ2v) is 16.9. The standard InChI is InChI=1S/C45H79O13P.Na/c1-3-5-7-9-11-13-15-17-19-21-23-25-27-29-31-33-38(46)55-35-37(36-56-59(53,54)58-45-43(51)41(49)40(48)42(50)44(45)52)57-39(47)34-32-30-28-26-24-22-20-18-16-14-12-10-8-6-4-2;/h11-14,17-20,37,40-45,48-52H,3-10,15-16,21-36H2,1-2H3,(H,53,54);/q;+1/p-1/t37-,40?,41-,42+,43+,44+,45?;/m0./s1. The molecule has 1 aliphatic rings. The van der Waals surface area contributed by atoms with Crippen molar-refractivity contribution in [3.8, 4) is 0 Å². The predicted octanol–water partition coefficient (Wildman–Crippen LogP) is 4.76. The van der Waals surface area contributed by atoms with E-state index in [1.165, 1.54) is 38.5 Å². The van der Waals surface area contributed by atoms with Gasteiger partial charge < -0.3 is 48.9 Å². The van der Waals surface area contributed by atoms with Crippen molar-refractivity contribution in [2.45, 2.75) is 211 Å². The number of allylic oxidation sites excluding steroid dienone is 8. The van der Waals surface area contributed by atoms with E-state index in [-0.39, 0.29) is 42.4 Å². The summed E-state index contributed by atoms with van der Waals surface area (Å²) in [6.45, 7) is 3.12. The van der Waals surface area contributed by atoms with E-state index in [4.69, 9.17) is 18.5 Å². The van der Waals surface area contributed by atoms with Crippen LogP contribution in [0.4, 0.5) is 0 Å². The Morgan fingerprint density at radius 1 is 0.550 bits per heavy atom. The van der Waals surface area contributed by atoms with Gasteiger partial charge in [-0.3, -0.25) is 14.2 Å². The predicted molar refractivity (Wildman–Crippen MR) is 228 cm³/mol. The van der Waals surface area contributed by atoms with Crippen LogP contribution in [-0.4, -0.2) is 93.4 Å². The van der Waals surface area contributed by atoms with Crippen LogP contribution in [0.25, 0.3) is 0 Å². The van der Waals surface area contributed by atoms with Crippen LogP contribution in [-0.2, 0) is 32.7 Å². The first-order chi connectivity index (χ1) is 28.4. The van der Waals surface area contributed by atoms with E-state index in [1.54, 1.807) is 0 Å². The Morgan fingerprint density at radius 2 is 0.933 bits per heavy atom. The first-order valence-electron chi connectivity index (χ1n) is 22.4. The largest absolute Gasteiger partial charge is 1.00 e. The van der Waals surface area contributed by atoms with Gasteiger partial charge in [0.2, 0.25) is 0 Å². The molecule has 1 fully saturated rings. The van der Waals surface area contributed by atoms with Crippen molar-refractivity contribution < 1.29 is 92.7 Å². The van der Waals surface area contributed by atoms with Gasteiger partial charge in [0.05, 0.1) is 6.61 Å². The van der Waals surface area contributed by atoms with Crippen LogP contribution in [0.15, 0.2) is 48.6 Å². The first kappa shape index (κ1) is 58.8. The summed E-state index contributed by atoms with van der Waals surface area (Å²) in [7, 11) is -5.37. The van der Waals surface area contributed by atoms with Crippen molar-refractivity contribution in [1.29, 1.82) is 0 Å². The molecule has 8 atom stereocenters. The van der Waals surface area contributed by atoms with Crippen LogP contribution >= 0.6 is 7.82 Å². The maximum atomic E-state index is 12.7. The van der Waals surface area contributed by atoms with Gasteiger partial charge in [0.15, 0.2) is 6.10 Å². The fourth-order valence-electron chi connectivity index (χ4n) is 6.46. The molecule has 0 saturated heterocycles. The van der Waals surface area contributed by atoms with Crippen LogP contribution in [0.5, 0.6) is 0 Å². The summed E-state index contributed by atoms with van der Waals surface area (Å²) < 4.78 is 33.1. The van der Waals surface area contributed by atoms with E-state index in [2.05, 4.69) is 62.5 Å². The third-order valence-corrected chi connectivity index (χ3v) is 11.1. The molecule has 0 heterocycles. The Balaban J connectivity index is 0.0000348. The number of ether oxygens (including phenoxy) is 2. The average Bonchev–Trinajstić information content (AvgIpc) is 3.21. The average molecular weight is 881 g/mol. The second-order valence-electron chi connectivity index (χ2n) is 15.5. The topological polar surface area (TPSA) is 212 Å². The van der Waals surface area contributed by atoms with Gasteiger partial charge in [0, 0.05) is 12.8 Å². The zero-order valence-electron chi connectivity index (χ0n) is 37.0. The van der Waals surface area contributed by atoms with Gasteiger partial charge in [-0.25, -0.2) is 0 Å². The number of carbonyl (C=O) groups is 2. The molecule has 0 bridgehead atoms. The van der Waals surface area contributed by atoms with Gasteiger partial charge in [0.25, 0.3) is 7.82 Å². The second kappa shape index (κ2) is 38.3. The van der Waals surface area contributed by atoms with Crippen molar-refractivity contribution in [3.05, 3.63) is 48.6 Å². The van der Waals surface area contributed by atoms with Gasteiger partial charge in [-0.2, -0.15) is 0 Å². The van der Waals surface area contributed by atoms with Gasteiger partial charge in [-0.05, 0) is 77.0 Å². The molecule has 0 radical (unpaired) electrons. The molecule has 1 saturated carbocycles. The summed E-state index contributed by atoms with van der Waals surface area (Å²) in [6.07, 6.45) is 26.9. The minimum Gasteiger partial charge on any atom is -0.756 e. The summed E-state index contributed by atoms with van der Waals surface area (Å²) >= 11 is 0.